The number of pyridine rings is 1. The Morgan fingerprint density at radius 1 is 0.903 bits per heavy atom. The molecule has 1 aliphatic heterocycles. The Morgan fingerprint density at radius 3 is 2.32 bits per heavy atom. The Balaban J connectivity index is 1.45. The molecular formula is C23H21BrN4O2S. The lowest BCUT2D eigenvalue weighted by atomic mass is 10.1. The Labute approximate surface area is 189 Å². The zero-order chi connectivity index (χ0) is 21.4. The minimum absolute atomic E-state index is 0.131. The van der Waals surface area contributed by atoms with Gasteiger partial charge < -0.3 is 4.57 Å². The van der Waals surface area contributed by atoms with Gasteiger partial charge in [0, 0.05) is 35.4 Å². The number of nitrogens with zero attached hydrogens (tertiary/aromatic N) is 4. The number of hydrogen-bond donors (Lipinski definition) is 0. The van der Waals surface area contributed by atoms with Gasteiger partial charge in [0.1, 0.15) is 11.3 Å². The Hall–Kier alpha value is -2.55. The molecule has 2 aromatic carbocycles. The SMILES string of the molecule is O=S(=O)(c1ccc(Br)cc1)N1CCC(n2c(-c3ccccc3)nc3cccnc32)CC1. The average molecular weight is 497 g/mol. The van der Waals surface area contributed by atoms with Gasteiger partial charge in [0.2, 0.25) is 10.0 Å². The fourth-order valence-corrected chi connectivity index (χ4v) is 5.90. The molecule has 0 unspecified atom stereocenters. The molecule has 2 aromatic heterocycles. The summed E-state index contributed by atoms with van der Waals surface area (Å²) in [7, 11) is -3.50. The second-order valence-electron chi connectivity index (χ2n) is 7.61. The molecule has 6 nitrogen and oxygen atoms in total. The van der Waals surface area contributed by atoms with Crippen LogP contribution in [-0.4, -0.2) is 40.3 Å². The van der Waals surface area contributed by atoms with Gasteiger partial charge in [-0.15, -0.1) is 0 Å². The van der Waals surface area contributed by atoms with Gasteiger partial charge in [0.05, 0.1) is 4.90 Å². The van der Waals surface area contributed by atoms with Crippen LogP contribution in [0.15, 0.2) is 82.3 Å². The molecule has 1 aliphatic rings. The number of imidazole rings is 1. The molecule has 0 N–H and O–H groups in total. The van der Waals surface area contributed by atoms with E-state index in [9.17, 15) is 8.42 Å². The smallest absolute Gasteiger partial charge is 0.243 e. The second-order valence-corrected chi connectivity index (χ2v) is 10.5. The van der Waals surface area contributed by atoms with Crippen LogP contribution in [-0.2, 0) is 10.0 Å². The molecular weight excluding hydrogens is 476 g/mol. The molecule has 8 heteroatoms. The van der Waals surface area contributed by atoms with Crippen molar-refractivity contribution < 1.29 is 8.42 Å². The van der Waals surface area contributed by atoms with Gasteiger partial charge in [-0.3, -0.25) is 0 Å². The summed E-state index contributed by atoms with van der Waals surface area (Å²) in [4.78, 5) is 9.76. The van der Waals surface area contributed by atoms with Gasteiger partial charge in [-0.1, -0.05) is 46.3 Å². The van der Waals surface area contributed by atoms with E-state index in [1.807, 2.05) is 42.5 Å². The maximum absolute atomic E-state index is 13.1. The predicted molar refractivity (Wildman–Crippen MR) is 124 cm³/mol. The van der Waals surface area contributed by atoms with Crippen molar-refractivity contribution in [3.63, 3.8) is 0 Å². The summed E-state index contributed by atoms with van der Waals surface area (Å²) in [5.41, 5.74) is 2.73. The van der Waals surface area contributed by atoms with Crippen LogP contribution in [0.25, 0.3) is 22.6 Å². The van der Waals surface area contributed by atoms with Gasteiger partial charge in [0.25, 0.3) is 0 Å². The summed E-state index contributed by atoms with van der Waals surface area (Å²) in [6.45, 7) is 0.924. The average Bonchev–Trinajstić information content (AvgIpc) is 3.20. The number of aromatic nitrogens is 3. The van der Waals surface area contributed by atoms with E-state index in [1.54, 1.807) is 34.8 Å². The number of piperidine rings is 1. The third-order valence-electron chi connectivity index (χ3n) is 5.72. The maximum atomic E-state index is 13.1. The minimum Gasteiger partial charge on any atom is -0.305 e. The van der Waals surface area contributed by atoms with Gasteiger partial charge in [-0.2, -0.15) is 4.31 Å². The summed E-state index contributed by atoms with van der Waals surface area (Å²) in [6.07, 6.45) is 3.19. The monoisotopic (exact) mass is 496 g/mol. The molecule has 4 aromatic rings. The van der Waals surface area contributed by atoms with E-state index in [0.29, 0.717) is 30.8 Å². The van der Waals surface area contributed by atoms with Crippen molar-refractivity contribution >= 4 is 37.1 Å². The normalized spacial score (nSPS) is 16.0. The molecule has 5 rings (SSSR count). The fraction of sp³-hybridized carbons (Fsp3) is 0.217. The lowest BCUT2D eigenvalue weighted by molar-refractivity contribution is 0.278. The third kappa shape index (κ3) is 3.79. The molecule has 31 heavy (non-hydrogen) atoms. The fourth-order valence-electron chi connectivity index (χ4n) is 4.16. The van der Waals surface area contributed by atoms with Crippen LogP contribution in [0, 0.1) is 0 Å². The van der Waals surface area contributed by atoms with Crippen LogP contribution in [0.1, 0.15) is 18.9 Å². The molecule has 0 bridgehead atoms. The van der Waals surface area contributed by atoms with Gasteiger partial charge in [0.15, 0.2) is 5.65 Å². The van der Waals surface area contributed by atoms with E-state index in [-0.39, 0.29) is 6.04 Å². The zero-order valence-electron chi connectivity index (χ0n) is 16.7. The van der Waals surface area contributed by atoms with Crippen molar-refractivity contribution in [2.45, 2.75) is 23.8 Å². The number of halogens is 1. The predicted octanol–water partition coefficient (Wildman–Crippen LogP) is 4.89. The standard InChI is InChI=1S/C23H21BrN4O2S/c24-18-8-10-20(11-9-18)31(29,30)27-15-12-19(13-16-27)28-22(17-5-2-1-3-6-17)26-21-7-4-14-25-23(21)28/h1-11,14,19H,12-13,15-16H2. The topological polar surface area (TPSA) is 68.1 Å². The lowest BCUT2D eigenvalue weighted by Crippen LogP contribution is -2.39. The van der Waals surface area contributed by atoms with Crippen LogP contribution >= 0.6 is 15.9 Å². The van der Waals surface area contributed by atoms with Crippen LogP contribution in [0.4, 0.5) is 0 Å². The van der Waals surface area contributed by atoms with E-state index in [4.69, 9.17) is 4.98 Å². The zero-order valence-corrected chi connectivity index (χ0v) is 19.1. The number of fused-ring (bicyclic) bond motifs is 1. The highest BCUT2D eigenvalue weighted by Crippen LogP contribution is 2.34. The highest BCUT2D eigenvalue weighted by Gasteiger charge is 2.32. The van der Waals surface area contributed by atoms with Crippen LogP contribution in [0.5, 0.6) is 0 Å². The Morgan fingerprint density at radius 2 is 1.61 bits per heavy atom. The second kappa shape index (κ2) is 8.18. The maximum Gasteiger partial charge on any atom is 0.243 e. The van der Waals surface area contributed by atoms with E-state index in [1.165, 1.54) is 0 Å². The minimum atomic E-state index is -3.50. The molecule has 158 valence electrons. The van der Waals surface area contributed by atoms with E-state index in [2.05, 4.69) is 25.5 Å². The molecule has 0 amide bonds. The van der Waals surface area contributed by atoms with Crippen molar-refractivity contribution in [1.82, 2.24) is 18.8 Å². The molecule has 0 atom stereocenters. The number of benzene rings is 2. The molecule has 0 saturated carbocycles. The number of sulfonamides is 1. The third-order valence-corrected chi connectivity index (χ3v) is 8.16. The van der Waals surface area contributed by atoms with Crippen LogP contribution in [0.3, 0.4) is 0 Å². The van der Waals surface area contributed by atoms with Crippen LogP contribution < -0.4 is 0 Å². The molecule has 0 radical (unpaired) electrons. The largest absolute Gasteiger partial charge is 0.305 e. The summed E-state index contributed by atoms with van der Waals surface area (Å²) < 4.78 is 30.8. The van der Waals surface area contributed by atoms with Crippen molar-refractivity contribution in [3.8, 4) is 11.4 Å². The van der Waals surface area contributed by atoms with Gasteiger partial charge >= 0.3 is 0 Å². The molecule has 1 fully saturated rings. The molecule has 0 spiro atoms. The summed E-state index contributed by atoms with van der Waals surface area (Å²) in [5, 5.41) is 0. The number of rotatable bonds is 4. The van der Waals surface area contributed by atoms with Crippen molar-refractivity contribution in [1.29, 1.82) is 0 Å². The van der Waals surface area contributed by atoms with E-state index in [0.717, 1.165) is 27.0 Å². The van der Waals surface area contributed by atoms with E-state index < -0.39 is 10.0 Å². The summed E-state index contributed by atoms with van der Waals surface area (Å²) in [6, 6.07) is 20.9. The summed E-state index contributed by atoms with van der Waals surface area (Å²) >= 11 is 3.36. The highest BCUT2D eigenvalue weighted by molar-refractivity contribution is 9.10. The van der Waals surface area contributed by atoms with Crippen molar-refractivity contribution in [3.05, 3.63) is 77.4 Å². The first-order chi connectivity index (χ1) is 15.0. The first-order valence-corrected chi connectivity index (χ1v) is 12.4. The van der Waals surface area contributed by atoms with Crippen molar-refractivity contribution in [2.24, 2.45) is 0 Å². The molecule has 1 saturated heterocycles. The van der Waals surface area contributed by atoms with Gasteiger partial charge in [-0.25, -0.2) is 18.4 Å². The van der Waals surface area contributed by atoms with Gasteiger partial charge in [-0.05, 0) is 49.2 Å². The molecule has 0 aliphatic carbocycles. The van der Waals surface area contributed by atoms with Crippen molar-refractivity contribution in [2.75, 3.05) is 13.1 Å². The quantitative estimate of drug-likeness (QED) is 0.403. The first-order valence-electron chi connectivity index (χ1n) is 10.2. The van der Waals surface area contributed by atoms with Crippen LogP contribution in [0.2, 0.25) is 0 Å². The summed E-state index contributed by atoms with van der Waals surface area (Å²) in [5.74, 6) is 0.878. The molecule has 3 heterocycles. The lowest BCUT2D eigenvalue weighted by Gasteiger charge is -2.32. The highest BCUT2D eigenvalue weighted by atomic mass is 79.9. The Kier molecular flexibility index (Phi) is 5.37. The number of hydrogen-bond acceptors (Lipinski definition) is 4. The first kappa shape index (κ1) is 20.4. The van der Waals surface area contributed by atoms with E-state index >= 15 is 0 Å². The Bertz CT molecular complexity index is 1310.